The molecule has 1 aliphatic rings. The second-order valence-electron chi connectivity index (χ2n) is 4.41. The largest absolute Gasteiger partial charge is 0.339 e. The molecule has 1 saturated heterocycles. The number of rotatable bonds is 3. The van der Waals surface area contributed by atoms with Gasteiger partial charge in [0.15, 0.2) is 0 Å². The summed E-state index contributed by atoms with van der Waals surface area (Å²) in [4.78, 5) is 14.8. The molecule has 3 nitrogen and oxygen atoms in total. The first-order chi connectivity index (χ1) is 7.68. The minimum Gasteiger partial charge on any atom is -0.339 e. The molecule has 0 saturated carbocycles. The van der Waals surface area contributed by atoms with E-state index in [1.165, 1.54) is 24.2 Å². The number of carbonyl (C=O) groups is 1. The molecule has 1 atom stereocenters. The van der Waals surface area contributed by atoms with Crippen LogP contribution in [0.1, 0.15) is 28.1 Å². The first-order valence-corrected chi connectivity index (χ1v) is 6.59. The van der Waals surface area contributed by atoms with Crippen molar-refractivity contribution in [2.75, 3.05) is 20.1 Å². The molecule has 0 spiro atoms. The lowest BCUT2D eigenvalue weighted by Gasteiger charge is -2.21. The van der Waals surface area contributed by atoms with Crippen LogP contribution in [0.3, 0.4) is 0 Å². The molecule has 0 aliphatic carbocycles. The maximum Gasteiger partial charge on any atom is 0.263 e. The third-order valence-electron chi connectivity index (χ3n) is 3.06. The Morgan fingerprint density at radius 1 is 1.69 bits per heavy atom. The molecule has 0 bridgehead atoms. The second-order valence-corrected chi connectivity index (χ2v) is 5.33. The van der Waals surface area contributed by atoms with E-state index in [4.69, 9.17) is 0 Å². The van der Waals surface area contributed by atoms with Gasteiger partial charge in [-0.25, -0.2) is 0 Å². The zero-order chi connectivity index (χ0) is 11.5. The first kappa shape index (κ1) is 11.6. The SMILES string of the molecule is Cc1ccsc1C(=O)N(C)C[C@@H]1CCCN1. The van der Waals surface area contributed by atoms with Crippen LogP contribution in [-0.2, 0) is 0 Å². The lowest BCUT2D eigenvalue weighted by Crippen LogP contribution is -2.38. The summed E-state index contributed by atoms with van der Waals surface area (Å²) in [5.41, 5.74) is 1.08. The van der Waals surface area contributed by atoms with Crippen LogP contribution < -0.4 is 5.32 Å². The molecular formula is C12H18N2OS. The Morgan fingerprint density at radius 2 is 2.50 bits per heavy atom. The lowest BCUT2D eigenvalue weighted by molar-refractivity contribution is 0.0788. The van der Waals surface area contributed by atoms with Gasteiger partial charge in [-0.1, -0.05) is 0 Å². The standard InChI is InChI=1S/C12H18N2OS/c1-9-5-7-16-11(9)12(15)14(2)8-10-4-3-6-13-10/h5,7,10,13H,3-4,6,8H2,1-2H3/t10-/m0/s1. The van der Waals surface area contributed by atoms with Gasteiger partial charge in [0.2, 0.25) is 0 Å². The topological polar surface area (TPSA) is 32.3 Å². The molecule has 4 heteroatoms. The van der Waals surface area contributed by atoms with Gasteiger partial charge in [0.25, 0.3) is 5.91 Å². The Kier molecular flexibility index (Phi) is 3.61. The zero-order valence-corrected chi connectivity index (χ0v) is 10.6. The molecule has 1 aliphatic heterocycles. The fourth-order valence-electron chi connectivity index (χ4n) is 2.09. The van der Waals surface area contributed by atoms with E-state index in [9.17, 15) is 4.79 Å². The van der Waals surface area contributed by atoms with Crippen molar-refractivity contribution in [1.82, 2.24) is 10.2 Å². The van der Waals surface area contributed by atoms with E-state index in [1.807, 2.05) is 30.3 Å². The van der Waals surface area contributed by atoms with Crippen LogP contribution in [0.4, 0.5) is 0 Å². The molecule has 1 aromatic rings. The van der Waals surface area contributed by atoms with E-state index in [2.05, 4.69) is 5.32 Å². The predicted molar refractivity (Wildman–Crippen MR) is 67.0 cm³/mol. The van der Waals surface area contributed by atoms with Gasteiger partial charge in [0, 0.05) is 19.6 Å². The van der Waals surface area contributed by atoms with Crippen molar-refractivity contribution in [3.05, 3.63) is 21.9 Å². The highest BCUT2D eigenvalue weighted by Gasteiger charge is 2.21. The number of hydrogen-bond donors (Lipinski definition) is 1. The zero-order valence-electron chi connectivity index (χ0n) is 9.82. The predicted octanol–water partition coefficient (Wildman–Crippen LogP) is 1.88. The molecule has 16 heavy (non-hydrogen) atoms. The smallest absolute Gasteiger partial charge is 0.263 e. The third kappa shape index (κ3) is 2.44. The number of thiophene rings is 1. The summed E-state index contributed by atoms with van der Waals surface area (Å²) < 4.78 is 0. The molecule has 2 rings (SSSR count). The van der Waals surface area contributed by atoms with E-state index in [0.29, 0.717) is 6.04 Å². The maximum absolute atomic E-state index is 12.1. The number of nitrogens with one attached hydrogen (secondary N) is 1. The molecule has 0 unspecified atom stereocenters. The molecular weight excluding hydrogens is 220 g/mol. The number of aryl methyl sites for hydroxylation is 1. The highest BCUT2D eigenvalue weighted by molar-refractivity contribution is 7.12. The average Bonchev–Trinajstić information content (AvgIpc) is 2.88. The molecule has 1 amide bonds. The van der Waals surface area contributed by atoms with Gasteiger partial charge in [0.05, 0.1) is 4.88 Å². The summed E-state index contributed by atoms with van der Waals surface area (Å²) in [6.45, 7) is 3.90. The number of nitrogens with zero attached hydrogens (tertiary/aromatic N) is 1. The Hall–Kier alpha value is -0.870. The Balaban J connectivity index is 1.96. The summed E-state index contributed by atoms with van der Waals surface area (Å²) in [6, 6.07) is 2.48. The average molecular weight is 238 g/mol. The van der Waals surface area contributed by atoms with Crippen LogP contribution in [0.2, 0.25) is 0 Å². The fourth-order valence-corrected chi connectivity index (χ4v) is 3.01. The number of carbonyl (C=O) groups excluding carboxylic acids is 1. The van der Waals surface area contributed by atoms with Gasteiger partial charge in [0.1, 0.15) is 0 Å². The van der Waals surface area contributed by atoms with Crippen molar-refractivity contribution in [3.8, 4) is 0 Å². The molecule has 88 valence electrons. The van der Waals surface area contributed by atoms with Gasteiger partial charge in [-0.05, 0) is 43.3 Å². The van der Waals surface area contributed by atoms with Crippen LogP contribution in [0, 0.1) is 6.92 Å². The van der Waals surface area contributed by atoms with Crippen molar-refractivity contribution in [2.45, 2.75) is 25.8 Å². The van der Waals surface area contributed by atoms with Crippen molar-refractivity contribution < 1.29 is 4.79 Å². The van der Waals surface area contributed by atoms with Crippen LogP contribution >= 0.6 is 11.3 Å². The van der Waals surface area contributed by atoms with E-state index >= 15 is 0 Å². The van der Waals surface area contributed by atoms with Gasteiger partial charge < -0.3 is 10.2 Å². The monoisotopic (exact) mass is 238 g/mol. The summed E-state index contributed by atoms with van der Waals surface area (Å²) in [7, 11) is 1.89. The van der Waals surface area contributed by atoms with Gasteiger partial charge in [-0.15, -0.1) is 11.3 Å². The van der Waals surface area contributed by atoms with Crippen molar-refractivity contribution in [1.29, 1.82) is 0 Å². The number of amides is 1. The first-order valence-electron chi connectivity index (χ1n) is 5.71. The van der Waals surface area contributed by atoms with Gasteiger partial charge in [-0.2, -0.15) is 0 Å². The number of likely N-dealkylation sites (N-methyl/N-ethyl adjacent to an activating group) is 1. The van der Waals surface area contributed by atoms with Crippen LogP contribution in [0.5, 0.6) is 0 Å². The third-order valence-corrected chi connectivity index (χ3v) is 4.06. The summed E-state index contributed by atoms with van der Waals surface area (Å²) in [5.74, 6) is 0.154. The summed E-state index contributed by atoms with van der Waals surface area (Å²) in [5, 5.41) is 5.39. The quantitative estimate of drug-likeness (QED) is 0.872. The second kappa shape index (κ2) is 4.97. The van der Waals surface area contributed by atoms with Crippen LogP contribution in [0.15, 0.2) is 11.4 Å². The number of hydrogen-bond acceptors (Lipinski definition) is 3. The van der Waals surface area contributed by atoms with Gasteiger partial charge >= 0.3 is 0 Å². The molecule has 0 radical (unpaired) electrons. The van der Waals surface area contributed by atoms with Crippen molar-refractivity contribution in [2.24, 2.45) is 0 Å². The maximum atomic E-state index is 12.1. The molecule has 2 heterocycles. The molecule has 1 N–H and O–H groups in total. The van der Waals surface area contributed by atoms with Crippen molar-refractivity contribution in [3.63, 3.8) is 0 Å². The van der Waals surface area contributed by atoms with Crippen LogP contribution in [0.25, 0.3) is 0 Å². The highest BCUT2D eigenvalue weighted by Crippen LogP contribution is 2.18. The Bertz CT molecular complexity index is 369. The summed E-state index contributed by atoms with van der Waals surface area (Å²) in [6.07, 6.45) is 2.41. The lowest BCUT2D eigenvalue weighted by atomic mass is 10.2. The molecule has 0 aromatic carbocycles. The fraction of sp³-hybridized carbons (Fsp3) is 0.583. The van der Waals surface area contributed by atoms with Crippen molar-refractivity contribution >= 4 is 17.2 Å². The normalized spacial score (nSPS) is 20.0. The van der Waals surface area contributed by atoms with Gasteiger partial charge in [-0.3, -0.25) is 4.79 Å². The highest BCUT2D eigenvalue weighted by atomic mass is 32.1. The van der Waals surface area contributed by atoms with E-state index in [1.54, 1.807) is 0 Å². The van der Waals surface area contributed by atoms with E-state index in [-0.39, 0.29) is 5.91 Å². The minimum absolute atomic E-state index is 0.154. The Labute approximate surface area is 100 Å². The Morgan fingerprint density at radius 3 is 3.06 bits per heavy atom. The van der Waals surface area contributed by atoms with E-state index < -0.39 is 0 Å². The summed E-state index contributed by atoms with van der Waals surface area (Å²) >= 11 is 1.53. The van der Waals surface area contributed by atoms with Crippen LogP contribution in [-0.4, -0.2) is 37.0 Å². The van der Waals surface area contributed by atoms with E-state index in [0.717, 1.165) is 23.5 Å². The molecule has 1 aromatic heterocycles. The molecule has 1 fully saturated rings. The minimum atomic E-state index is 0.154.